The first-order valence-corrected chi connectivity index (χ1v) is 8.22. The molecule has 3 amide bonds. The third-order valence-corrected chi connectivity index (χ3v) is 4.33. The number of amides is 3. The van der Waals surface area contributed by atoms with Gasteiger partial charge >= 0.3 is 12.2 Å². The molecule has 2 rings (SSSR count). The molecule has 0 saturated heterocycles. The van der Waals surface area contributed by atoms with E-state index in [-0.39, 0.29) is 6.54 Å². The lowest BCUT2D eigenvalue weighted by Crippen LogP contribution is -2.49. The summed E-state index contributed by atoms with van der Waals surface area (Å²) in [5.41, 5.74) is 0. The van der Waals surface area contributed by atoms with Gasteiger partial charge in [-0.1, -0.05) is 19.3 Å². The van der Waals surface area contributed by atoms with Crippen molar-refractivity contribution < 1.29 is 22.8 Å². The lowest BCUT2D eigenvalue weighted by molar-refractivity contribution is -0.125. The van der Waals surface area contributed by atoms with Gasteiger partial charge in [-0.25, -0.2) is 4.79 Å². The van der Waals surface area contributed by atoms with E-state index in [1.54, 1.807) is 5.32 Å². The molecule has 0 bridgehead atoms. The van der Waals surface area contributed by atoms with E-state index in [2.05, 4.69) is 4.90 Å². The molecular formula is C15H24F3N3O2. The maximum Gasteiger partial charge on any atom is 0.405 e. The van der Waals surface area contributed by atoms with Crippen LogP contribution >= 0.6 is 0 Å². The lowest BCUT2D eigenvalue weighted by Gasteiger charge is -2.33. The van der Waals surface area contributed by atoms with Crippen LogP contribution in [-0.4, -0.2) is 48.7 Å². The van der Waals surface area contributed by atoms with Gasteiger partial charge in [0.2, 0.25) is 5.91 Å². The van der Waals surface area contributed by atoms with Crippen LogP contribution in [0.15, 0.2) is 0 Å². The molecule has 0 aromatic heterocycles. The first kappa shape index (κ1) is 18.0. The summed E-state index contributed by atoms with van der Waals surface area (Å²) in [6, 6.07) is -0.754. The maximum atomic E-state index is 12.0. The van der Waals surface area contributed by atoms with Gasteiger partial charge in [0.05, 0.1) is 6.54 Å². The first-order valence-electron chi connectivity index (χ1n) is 8.22. The van der Waals surface area contributed by atoms with Crippen molar-refractivity contribution in [3.63, 3.8) is 0 Å². The number of nitrogens with one attached hydrogen (secondary N) is 2. The van der Waals surface area contributed by atoms with E-state index in [1.165, 1.54) is 6.42 Å². The summed E-state index contributed by atoms with van der Waals surface area (Å²) in [6.45, 7) is -0.538. The maximum absolute atomic E-state index is 12.0. The highest BCUT2D eigenvalue weighted by Gasteiger charge is 2.31. The van der Waals surface area contributed by atoms with Gasteiger partial charge in [-0.15, -0.1) is 0 Å². The molecule has 0 heterocycles. The second-order valence-electron chi connectivity index (χ2n) is 6.51. The Kier molecular flexibility index (Phi) is 6.26. The number of halogens is 3. The number of alkyl halides is 3. The number of carbonyl (C=O) groups excluding carboxylic acids is 2. The Morgan fingerprint density at radius 3 is 2.26 bits per heavy atom. The Morgan fingerprint density at radius 1 is 1.04 bits per heavy atom. The van der Waals surface area contributed by atoms with E-state index in [0.29, 0.717) is 12.0 Å². The standard InChI is InChI=1S/C15H24F3N3O2/c16-15(17,18)10-19-14(23)20-13(22)9-21(8-11-6-7-11)12-4-2-1-3-5-12/h11-12H,1-10H2,(H2,19,20,22,23). The number of imide groups is 1. The number of rotatable bonds is 6. The lowest BCUT2D eigenvalue weighted by atomic mass is 9.94. The Labute approximate surface area is 134 Å². The number of hydrogen-bond acceptors (Lipinski definition) is 3. The zero-order valence-electron chi connectivity index (χ0n) is 13.1. The third-order valence-electron chi connectivity index (χ3n) is 4.33. The molecule has 0 spiro atoms. The largest absolute Gasteiger partial charge is 0.405 e. The molecule has 2 saturated carbocycles. The minimum absolute atomic E-state index is 0.0700. The predicted octanol–water partition coefficient (Wildman–Crippen LogP) is 2.42. The van der Waals surface area contributed by atoms with E-state index >= 15 is 0 Å². The highest BCUT2D eigenvalue weighted by molar-refractivity contribution is 5.95. The molecule has 0 aliphatic heterocycles. The average molecular weight is 335 g/mol. The van der Waals surface area contributed by atoms with Gasteiger partial charge in [-0.05, 0) is 31.6 Å². The van der Waals surface area contributed by atoms with Gasteiger partial charge in [0.15, 0.2) is 0 Å². The van der Waals surface area contributed by atoms with Gasteiger partial charge < -0.3 is 5.32 Å². The van der Waals surface area contributed by atoms with Crippen molar-refractivity contribution in [3.8, 4) is 0 Å². The molecular weight excluding hydrogens is 311 g/mol. The summed E-state index contributed by atoms with van der Waals surface area (Å²) >= 11 is 0. The normalized spacial score (nSPS) is 19.7. The van der Waals surface area contributed by atoms with Crippen LogP contribution in [0.5, 0.6) is 0 Å². The van der Waals surface area contributed by atoms with Gasteiger partial charge in [-0.2, -0.15) is 13.2 Å². The van der Waals surface area contributed by atoms with Crippen LogP contribution in [0.25, 0.3) is 0 Å². The third kappa shape index (κ3) is 7.20. The van der Waals surface area contributed by atoms with Crippen molar-refractivity contribution in [2.45, 2.75) is 57.2 Å². The molecule has 132 valence electrons. The zero-order valence-corrected chi connectivity index (χ0v) is 13.1. The van der Waals surface area contributed by atoms with Crippen LogP contribution < -0.4 is 10.6 Å². The number of hydrogen-bond donors (Lipinski definition) is 2. The summed E-state index contributed by atoms with van der Waals surface area (Å²) in [5, 5.41) is 3.63. The van der Waals surface area contributed by atoms with E-state index in [1.807, 2.05) is 5.32 Å². The molecule has 0 unspecified atom stereocenters. The fourth-order valence-electron chi connectivity index (χ4n) is 3.00. The number of nitrogens with zero attached hydrogens (tertiary/aromatic N) is 1. The molecule has 2 N–H and O–H groups in total. The second-order valence-corrected chi connectivity index (χ2v) is 6.51. The SMILES string of the molecule is O=C(CN(CC1CC1)C1CCCCC1)NC(=O)NCC(F)(F)F. The van der Waals surface area contributed by atoms with Gasteiger partial charge in [-0.3, -0.25) is 15.0 Å². The molecule has 2 aliphatic carbocycles. The molecule has 0 aromatic carbocycles. The van der Waals surface area contributed by atoms with Crippen molar-refractivity contribution >= 4 is 11.9 Å². The van der Waals surface area contributed by atoms with E-state index < -0.39 is 24.7 Å². The summed E-state index contributed by atoms with van der Waals surface area (Å²) in [6.07, 6.45) is 3.41. The molecule has 2 fully saturated rings. The fraction of sp³-hybridized carbons (Fsp3) is 0.867. The number of urea groups is 1. The quantitative estimate of drug-likeness (QED) is 0.784. The zero-order chi connectivity index (χ0) is 16.9. The van der Waals surface area contributed by atoms with Crippen LogP contribution in [0.2, 0.25) is 0 Å². The second kappa shape index (κ2) is 7.99. The fourth-order valence-corrected chi connectivity index (χ4v) is 3.00. The highest BCUT2D eigenvalue weighted by Crippen LogP contribution is 2.32. The Balaban J connectivity index is 1.78. The number of carbonyl (C=O) groups is 2. The van der Waals surface area contributed by atoms with E-state index in [9.17, 15) is 22.8 Å². The molecule has 2 aliphatic rings. The molecule has 8 heteroatoms. The van der Waals surface area contributed by atoms with E-state index in [0.717, 1.165) is 45.1 Å². The Bertz CT molecular complexity index is 419. The minimum Gasteiger partial charge on any atom is -0.329 e. The predicted molar refractivity (Wildman–Crippen MR) is 78.8 cm³/mol. The van der Waals surface area contributed by atoms with Crippen LogP contribution in [0.1, 0.15) is 44.9 Å². The Morgan fingerprint density at radius 2 is 1.70 bits per heavy atom. The molecule has 0 aromatic rings. The molecule has 5 nitrogen and oxygen atoms in total. The topological polar surface area (TPSA) is 61.4 Å². The summed E-state index contributed by atoms with van der Waals surface area (Å²) < 4.78 is 36.1. The minimum atomic E-state index is -4.49. The van der Waals surface area contributed by atoms with Gasteiger partial charge in [0.1, 0.15) is 6.54 Å². The van der Waals surface area contributed by atoms with Gasteiger partial charge in [0.25, 0.3) is 0 Å². The van der Waals surface area contributed by atoms with E-state index in [4.69, 9.17) is 0 Å². The van der Waals surface area contributed by atoms with Crippen LogP contribution in [0.4, 0.5) is 18.0 Å². The smallest absolute Gasteiger partial charge is 0.329 e. The summed E-state index contributed by atoms with van der Waals surface area (Å²) in [4.78, 5) is 25.4. The molecule has 23 heavy (non-hydrogen) atoms. The van der Waals surface area contributed by atoms with Gasteiger partial charge in [0, 0.05) is 12.6 Å². The summed E-state index contributed by atoms with van der Waals surface area (Å²) in [5.74, 6) is 0.0691. The monoisotopic (exact) mass is 335 g/mol. The Hall–Kier alpha value is -1.31. The van der Waals surface area contributed by atoms with Crippen molar-refractivity contribution in [3.05, 3.63) is 0 Å². The average Bonchev–Trinajstić information content (AvgIpc) is 3.29. The molecule has 0 radical (unpaired) electrons. The van der Waals surface area contributed by atoms with Crippen LogP contribution in [-0.2, 0) is 4.79 Å². The first-order chi connectivity index (χ1) is 10.8. The van der Waals surface area contributed by atoms with Crippen LogP contribution in [0, 0.1) is 5.92 Å². The summed E-state index contributed by atoms with van der Waals surface area (Å²) in [7, 11) is 0. The van der Waals surface area contributed by atoms with Crippen LogP contribution in [0.3, 0.4) is 0 Å². The molecule has 0 atom stereocenters. The van der Waals surface area contributed by atoms with Crippen molar-refractivity contribution in [1.29, 1.82) is 0 Å². The van der Waals surface area contributed by atoms with Crippen molar-refractivity contribution in [2.24, 2.45) is 5.92 Å². The highest BCUT2D eigenvalue weighted by atomic mass is 19.4. The van der Waals surface area contributed by atoms with Crippen molar-refractivity contribution in [1.82, 2.24) is 15.5 Å². The van der Waals surface area contributed by atoms with Crippen molar-refractivity contribution in [2.75, 3.05) is 19.6 Å².